The molecule has 7 heteroatoms. The zero-order valence-corrected chi connectivity index (χ0v) is 10.8. The van der Waals surface area contributed by atoms with Gasteiger partial charge in [0.25, 0.3) is 0 Å². The van der Waals surface area contributed by atoms with Crippen LogP contribution >= 0.6 is 36.6 Å². The molecule has 0 saturated carbocycles. The Labute approximate surface area is 84.8 Å². The van der Waals surface area contributed by atoms with Crippen molar-refractivity contribution in [2.45, 2.75) is 0 Å². The van der Waals surface area contributed by atoms with Gasteiger partial charge in [0.2, 0.25) is 0 Å². The van der Waals surface area contributed by atoms with Crippen molar-refractivity contribution in [3.63, 3.8) is 0 Å². The molecule has 0 fully saturated rings. The molecular weight excluding hydrogens is 345 g/mol. The summed E-state index contributed by atoms with van der Waals surface area (Å²) < 4.78 is 5.59. The van der Waals surface area contributed by atoms with Crippen LogP contribution in [0, 0.1) is 0 Å². The van der Waals surface area contributed by atoms with Crippen LogP contribution in [0.4, 0.5) is 0 Å². The van der Waals surface area contributed by atoms with Gasteiger partial charge < -0.3 is 0 Å². The minimum atomic E-state index is -2.70. The van der Waals surface area contributed by atoms with Gasteiger partial charge >= 0.3 is 85.5 Å². The second-order valence-corrected chi connectivity index (χ2v) is 22.2. The summed E-state index contributed by atoms with van der Waals surface area (Å²) in [5, 5.41) is 8.35. The number of alkyl halides is 1. The predicted molar refractivity (Wildman–Crippen MR) is 47.9 cm³/mol. The van der Waals surface area contributed by atoms with Gasteiger partial charge in [-0.1, -0.05) is 0 Å². The van der Waals surface area contributed by atoms with Gasteiger partial charge in [-0.25, -0.2) is 0 Å². The molecule has 0 radical (unpaired) electrons. The van der Waals surface area contributed by atoms with Crippen LogP contribution in [0.2, 0.25) is 0 Å². The molecule has 0 rings (SSSR count). The van der Waals surface area contributed by atoms with E-state index in [-0.39, 0.29) is 6.61 Å². The van der Waals surface area contributed by atoms with Crippen molar-refractivity contribution in [1.29, 1.82) is 0 Å². The Morgan fingerprint density at radius 1 is 1.36 bits per heavy atom. The van der Waals surface area contributed by atoms with Crippen LogP contribution < -0.4 is 14.8 Å². The van der Waals surface area contributed by atoms with Gasteiger partial charge in [0.15, 0.2) is 0 Å². The van der Waals surface area contributed by atoms with Gasteiger partial charge in [-0.15, -0.1) is 0 Å². The van der Waals surface area contributed by atoms with E-state index < -0.39 is 14.8 Å². The van der Waals surface area contributed by atoms with Gasteiger partial charge in [0.1, 0.15) is 0 Å². The van der Waals surface area contributed by atoms with Crippen LogP contribution in [-0.4, -0.2) is 29.4 Å². The number of ether oxygens (including phenoxy) is 1. The maximum atomic E-state index is 8.35. The Kier molecular flexibility index (Phi) is 8.53. The third-order valence-corrected chi connectivity index (χ3v) is 15.8. The number of aliphatic hydroxyl groups is 1. The summed E-state index contributed by atoms with van der Waals surface area (Å²) in [5.74, 6) is 0. The summed E-state index contributed by atoms with van der Waals surface area (Å²) in [7, 11) is 18.1. The summed E-state index contributed by atoms with van der Waals surface area (Å²) in [6.07, 6.45) is 0. The molecule has 11 heavy (non-hydrogen) atoms. The first kappa shape index (κ1) is 12.9. The van der Waals surface area contributed by atoms with E-state index in [0.717, 1.165) is 8.15 Å². The van der Waals surface area contributed by atoms with Gasteiger partial charge in [0.05, 0.1) is 0 Å². The summed E-state index contributed by atoms with van der Waals surface area (Å²) in [4.78, 5) is 0. The Balaban J connectivity index is 3.23. The fourth-order valence-corrected chi connectivity index (χ4v) is 4.10. The zero-order chi connectivity index (χ0) is 8.74. The van der Waals surface area contributed by atoms with E-state index in [1.165, 1.54) is 0 Å². The SMILES string of the molecule is OCCOCC[I-](Cl)(Cl)SCl. The first-order chi connectivity index (χ1) is 5.12. The average Bonchev–Trinajstić information content (AvgIpc) is 1.99. The van der Waals surface area contributed by atoms with Gasteiger partial charge in [0, 0.05) is 0 Å². The van der Waals surface area contributed by atoms with Crippen molar-refractivity contribution in [1.82, 2.24) is 0 Å². The maximum absolute atomic E-state index is 8.35. The Morgan fingerprint density at radius 3 is 2.45 bits per heavy atom. The molecule has 0 aromatic carbocycles. The molecule has 0 aromatic rings. The van der Waals surface area contributed by atoms with Gasteiger partial charge in [-0.3, -0.25) is 0 Å². The van der Waals surface area contributed by atoms with Gasteiger partial charge in [-0.05, 0) is 0 Å². The molecule has 0 atom stereocenters. The first-order valence-electron chi connectivity index (χ1n) is 2.76. The average molecular weight is 354 g/mol. The first-order valence-corrected chi connectivity index (χ1v) is 13.9. The molecule has 0 saturated heterocycles. The normalized spacial score (nSPS) is 13.5. The molecule has 0 spiro atoms. The fourth-order valence-electron chi connectivity index (χ4n) is 0.340. The van der Waals surface area contributed by atoms with E-state index in [4.69, 9.17) is 38.3 Å². The van der Waals surface area contributed by atoms with Crippen molar-refractivity contribution >= 4 is 36.6 Å². The molecule has 0 bridgehead atoms. The van der Waals surface area contributed by atoms with Crippen molar-refractivity contribution < 1.29 is 24.6 Å². The molecule has 0 aliphatic rings. The second-order valence-electron chi connectivity index (χ2n) is 1.57. The molecule has 0 unspecified atom stereocenters. The molecule has 1 N–H and O–H groups in total. The Hall–Kier alpha value is 1.87. The summed E-state index contributed by atoms with van der Waals surface area (Å²) >= 11 is -2.70. The molecule has 2 nitrogen and oxygen atoms in total. The van der Waals surface area contributed by atoms with E-state index in [0.29, 0.717) is 17.6 Å². The molecule has 0 aliphatic carbocycles. The van der Waals surface area contributed by atoms with Crippen LogP contribution in [0.5, 0.6) is 0 Å². The van der Waals surface area contributed by atoms with Crippen LogP contribution in [0.1, 0.15) is 0 Å². The van der Waals surface area contributed by atoms with Crippen LogP contribution in [0.25, 0.3) is 0 Å². The third-order valence-electron chi connectivity index (χ3n) is 0.762. The van der Waals surface area contributed by atoms with E-state index in [1.54, 1.807) is 0 Å². The molecule has 72 valence electrons. The number of hydrogen-bond donors (Lipinski definition) is 1. The summed E-state index contributed by atoms with van der Waals surface area (Å²) in [5.41, 5.74) is 0. The summed E-state index contributed by atoms with van der Waals surface area (Å²) in [6, 6.07) is 0. The van der Waals surface area contributed by atoms with Crippen molar-refractivity contribution in [2.24, 2.45) is 0 Å². The van der Waals surface area contributed by atoms with E-state index in [9.17, 15) is 0 Å². The third kappa shape index (κ3) is 8.21. The number of rotatable bonds is 6. The Bertz CT molecular complexity index is 105. The van der Waals surface area contributed by atoms with Crippen LogP contribution in [-0.2, 0) is 4.74 Å². The van der Waals surface area contributed by atoms with E-state index in [2.05, 4.69) is 0 Å². The predicted octanol–water partition coefficient (Wildman–Crippen LogP) is -0.735. The quantitative estimate of drug-likeness (QED) is 0.387. The van der Waals surface area contributed by atoms with E-state index in [1.807, 2.05) is 0 Å². The number of aliphatic hydroxyl groups excluding tert-OH is 1. The number of hydrogen-bond acceptors (Lipinski definition) is 3. The zero-order valence-electron chi connectivity index (χ0n) is 5.60. The van der Waals surface area contributed by atoms with Crippen molar-refractivity contribution in [3.8, 4) is 0 Å². The second kappa shape index (κ2) is 7.29. The van der Waals surface area contributed by atoms with E-state index >= 15 is 0 Å². The molecule has 0 aliphatic heterocycles. The molecule has 0 heterocycles. The molecule has 0 aromatic heterocycles. The van der Waals surface area contributed by atoms with Crippen molar-refractivity contribution in [2.75, 3.05) is 24.2 Å². The Morgan fingerprint density at radius 2 is 2.00 bits per heavy atom. The van der Waals surface area contributed by atoms with Crippen LogP contribution in [0.15, 0.2) is 0 Å². The number of halogens is 4. The standard InChI is InChI=1S/C4H9Cl3IO2S/c5-8(6,11-7)1-3-10-4-2-9/h9H,1-4H2/q-1. The van der Waals surface area contributed by atoms with Gasteiger partial charge in [-0.2, -0.15) is 0 Å². The summed E-state index contributed by atoms with van der Waals surface area (Å²) in [6.45, 7) is 0.833. The van der Waals surface area contributed by atoms with Crippen LogP contribution in [0.3, 0.4) is 0 Å². The minimum absolute atomic E-state index is 0.0255. The fraction of sp³-hybridized carbons (Fsp3) is 1.00. The molecule has 0 amide bonds. The molecular formula is C4H9Cl3IO2S-. The monoisotopic (exact) mass is 353 g/mol. The topological polar surface area (TPSA) is 29.5 Å². The van der Waals surface area contributed by atoms with Crippen molar-refractivity contribution in [3.05, 3.63) is 0 Å².